The minimum Gasteiger partial charge on any atom is -0.314 e. The molecule has 2 nitrogen and oxygen atoms in total. The minimum atomic E-state index is 0.0728. The van der Waals surface area contributed by atoms with Crippen molar-refractivity contribution >= 4 is 11.6 Å². The maximum atomic E-state index is 12.0. The van der Waals surface area contributed by atoms with E-state index in [4.69, 9.17) is 0 Å². The average molecular weight is 203 g/mol. The van der Waals surface area contributed by atoms with Crippen molar-refractivity contribution in [1.82, 2.24) is 0 Å². The van der Waals surface area contributed by atoms with Gasteiger partial charge in [0.2, 0.25) is 5.91 Å². The highest BCUT2D eigenvalue weighted by atomic mass is 16.2. The summed E-state index contributed by atoms with van der Waals surface area (Å²) in [4.78, 5) is 13.8. The Bertz CT molecular complexity index is 423. The first-order chi connectivity index (χ1) is 7.06. The normalized spacial score (nSPS) is 19.6. The number of benzene rings is 1. The van der Waals surface area contributed by atoms with Gasteiger partial charge in [0.25, 0.3) is 0 Å². The van der Waals surface area contributed by atoms with E-state index in [-0.39, 0.29) is 11.8 Å². The van der Waals surface area contributed by atoms with Gasteiger partial charge in [0.15, 0.2) is 0 Å². The van der Waals surface area contributed by atoms with E-state index >= 15 is 0 Å². The quantitative estimate of drug-likeness (QED) is 0.687. The van der Waals surface area contributed by atoms with E-state index in [9.17, 15) is 4.79 Å². The number of anilines is 1. The molecule has 0 radical (unpaired) electrons. The summed E-state index contributed by atoms with van der Waals surface area (Å²) in [6, 6.07) is 4.29. The molecule has 0 unspecified atom stereocenters. The number of fused-ring (bicyclic) bond motifs is 1. The Hall–Kier alpha value is -1.31. The van der Waals surface area contributed by atoms with Crippen LogP contribution in [0.2, 0.25) is 0 Å². The second kappa shape index (κ2) is 3.37. The second-order valence-electron chi connectivity index (χ2n) is 4.38. The summed E-state index contributed by atoms with van der Waals surface area (Å²) < 4.78 is 0. The fraction of sp³-hybridized carbons (Fsp3) is 0.462. The van der Waals surface area contributed by atoms with Crippen molar-refractivity contribution in [2.45, 2.75) is 33.1 Å². The predicted molar refractivity (Wildman–Crippen MR) is 62.4 cm³/mol. The van der Waals surface area contributed by atoms with E-state index in [1.165, 1.54) is 16.7 Å². The number of likely N-dealkylation sites (N-methyl/N-ethyl adjacent to an activating group) is 1. The van der Waals surface area contributed by atoms with Gasteiger partial charge < -0.3 is 4.90 Å². The molecule has 15 heavy (non-hydrogen) atoms. The van der Waals surface area contributed by atoms with Crippen LogP contribution in [0.4, 0.5) is 5.69 Å². The summed E-state index contributed by atoms with van der Waals surface area (Å²) in [6.07, 6.45) is 0.888. The Morgan fingerprint density at radius 2 is 2.00 bits per heavy atom. The van der Waals surface area contributed by atoms with Gasteiger partial charge in [-0.15, -0.1) is 0 Å². The zero-order valence-electron chi connectivity index (χ0n) is 9.79. The standard InChI is InChI=1S/C13H17NO/c1-5-10-11-7-8(2)6-9(3)12(11)14(4)13(10)15/h6-7,10H,5H2,1-4H3/t10-/m1/s1. The van der Waals surface area contributed by atoms with E-state index < -0.39 is 0 Å². The van der Waals surface area contributed by atoms with Crippen molar-refractivity contribution < 1.29 is 4.79 Å². The Labute approximate surface area is 90.9 Å². The van der Waals surface area contributed by atoms with Gasteiger partial charge in [0.1, 0.15) is 0 Å². The highest BCUT2D eigenvalue weighted by Gasteiger charge is 2.34. The molecule has 1 aliphatic heterocycles. The first-order valence-corrected chi connectivity index (χ1v) is 5.45. The van der Waals surface area contributed by atoms with Crippen molar-refractivity contribution in [3.8, 4) is 0 Å². The molecule has 1 atom stereocenters. The first kappa shape index (κ1) is 10.2. The molecule has 1 heterocycles. The highest BCUT2D eigenvalue weighted by Crippen LogP contribution is 2.40. The topological polar surface area (TPSA) is 20.3 Å². The lowest BCUT2D eigenvalue weighted by atomic mass is 9.95. The molecule has 0 aliphatic carbocycles. The zero-order chi connectivity index (χ0) is 11.2. The largest absolute Gasteiger partial charge is 0.314 e. The number of hydrogen-bond acceptors (Lipinski definition) is 1. The summed E-state index contributed by atoms with van der Waals surface area (Å²) in [5, 5.41) is 0. The SMILES string of the molecule is CC[C@H]1C(=O)N(C)c2c(C)cc(C)cc21. The third-order valence-corrected chi connectivity index (χ3v) is 3.22. The smallest absolute Gasteiger partial charge is 0.234 e. The zero-order valence-corrected chi connectivity index (χ0v) is 9.79. The Morgan fingerprint density at radius 3 is 2.60 bits per heavy atom. The number of nitrogens with zero attached hydrogens (tertiary/aromatic N) is 1. The molecule has 80 valence electrons. The molecule has 1 aromatic carbocycles. The second-order valence-corrected chi connectivity index (χ2v) is 4.38. The van der Waals surface area contributed by atoms with Gasteiger partial charge in [0.05, 0.1) is 11.6 Å². The van der Waals surface area contributed by atoms with Crippen molar-refractivity contribution in [2.75, 3.05) is 11.9 Å². The van der Waals surface area contributed by atoms with Crippen LogP contribution in [0.25, 0.3) is 0 Å². The van der Waals surface area contributed by atoms with Gasteiger partial charge in [-0.1, -0.05) is 24.6 Å². The van der Waals surface area contributed by atoms with E-state index in [2.05, 4.69) is 32.9 Å². The Kier molecular flexibility index (Phi) is 2.29. The molecule has 0 bridgehead atoms. The maximum absolute atomic E-state index is 12.0. The minimum absolute atomic E-state index is 0.0728. The van der Waals surface area contributed by atoms with E-state index in [1.807, 2.05) is 7.05 Å². The fourth-order valence-corrected chi connectivity index (χ4v) is 2.59. The van der Waals surface area contributed by atoms with Crippen LogP contribution < -0.4 is 4.90 Å². The molecular formula is C13H17NO. The number of amides is 1. The third kappa shape index (κ3) is 1.36. The number of carbonyl (C=O) groups is 1. The van der Waals surface area contributed by atoms with Gasteiger partial charge in [-0.2, -0.15) is 0 Å². The van der Waals surface area contributed by atoms with Crippen LogP contribution in [0.15, 0.2) is 12.1 Å². The van der Waals surface area contributed by atoms with Crippen molar-refractivity contribution in [3.05, 3.63) is 28.8 Å². The van der Waals surface area contributed by atoms with Crippen LogP contribution in [0.3, 0.4) is 0 Å². The van der Waals surface area contributed by atoms with E-state index in [0.717, 1.165) is 12.1 Å². The summed E-state index contributed by atoms with van der Waals surface area (Å²) in [6.45, 7) is 6.24. The lowest BCUT2D eigenvalue weighted by molar-refractivity contribution is -0.119. The molecule has 0 fully saturated rings. The van der Waals surface area contributed by atoms with Gasteiger partial charge in [-0.3, -0.25) is 4.79 Å². The lowest BCUT2D eigenvalue weighted by Crippen LogP contribution is -2.23. The molecule has 0 N–H and O–H groups in total. The highest BCUT2D eigenvalue weighted by molar-refractivity contribution is 6.05. The van der Waals surface area contributed by atoms with Gasteiger partial charge in [0, 0.05) is 7.05 Å². The average Bonchev–Trinajstić information content (AvgIpc) is 2.39. The molecule has 2 heteroatoms. The molecule has 1 aliphatic rings. The van der Waals surface area contributed by atoms with Crippen molar-refractivity contribution in [3.63, 3.8) is 0 Å². The molecule has 0 saturated carbocycles. The maximum Gasteiger partial charge on any atom is 0.234 e. The van der Waals surface area contributed by atoms with Crippen LogP contribution in [-0.4, -0.2) is 13.0 Å². The lowest BCUT2D eigenvalue weighted by Gasteiger charge is -2.13. The Morgan fingerprint density at radius 1 is 1.33 bits per heavy atom. The van der Waals surface area contributed by atoms with Crippen molar-refractivity contribution in [1.29, 1.82) is 0 Å². The number of aryl methyl sites for hydroxylation is 2. The first-order valence-electron chi connectivity index (χ1n) is 5.45. The summed E-state index contributed by atoms with van der Waals surface area (Å²) in [5.74, 6) is 0.310. The van der Waals surface area contributed by atoms with Gasteiger partial charge >= 0.3 is 0 Å². The predicted octanol–water partition coefficient (Wildman–Crippen LogP) is 2.77. The van der Waals surface area contributed by atoms with Gasteiger partial charge in [-0.05, 0) is 31.4 Å². The summed E-state index contributed by atoms with van der Waals surface area (Å²) in [7, 11) is 1.87. The summed E-state index contributed by atoms with van der Waals surface area (Å²) in [5.41, 5.74) is 4.78. The van der Waals surface area contributed by atoms with Crippen LogP contribution in [0.5, 0.6) is 0 Å². The molecular weight excluding hydrogens is 186 g/mol. The molecule has 2 rings (SSSR count). The number of hydrogen-bond donors (Lipinski definition) is 0. The van der Waals surface area contributed by atoms with Crippen LogP contribution in [0, 0.1) is 13.8 Å². The van der Waals surface area contributed by atoms with E-state index in [0.29, 0.717) is 0 Å². The molecule has 1 amide bonds. The third-order valence-electron chi connectivity index (χ3n) is 3.22. The van der Waals surface area contributed by atoms with Crippen molar-refractivity contribution in [2.24, 2.45) is 0 Å². The number of rotatable bonds is 1. The van der Waals surface area contributed by atoms with Crippen LogP contribution in [0.1, 0.15) is 36.0 Å². The molecule has 0 saturated heterocycles. The Balaban J connectivity index is 2.65. The molecule has 1 aromatic rings. The summed E-state index contributed by atoms with van der Waals surface area (Å²) >= 11 is 0. The monoisotopic (exact) mass is 203 g/mol. The van der Waals surface area contributed by atoms with Gasteiger partial charge in [-0.25, -0.2) is 0 Å². The molecule has 0 spiro atoms. The number of carbonyl (C=O) groups excluding carboxylic acids is 1. The van der Waals surface area contributed by atoms with E-state index in [1.54, 1.807) is 4.90 Å². The fourth-order valence-electron chi connectivity index (χ4n) is 2.59. The van der Waals surface area contributed by atoms with Crippen LogP contribution >= 0.6 is 0 Å². The van der Waals surface area contributed by atoms with Crippen LogP contribution in [-0.2, 0) is 4.79 Å². The molecule has 0 aromatic heterocycles.